The van der Waals surface area contributed by atoms with E-state index in [1.807, 2.05) is 13.1 Å². The number of carbonyl (C=O) groups excluding carboxylic acids is 1. The summed E-state index contributed by atoms with van der Waals surface area (Å²) in [5, 5.41) is 7.16. The van der Waals surface area contributed by atoms with Crippen molar-refractivity contribution in [2.75, 3.05) is 6.54 Å². The molecular formula is C13H22BrN3O. The Morgan fingerprint density at radius 2 is 2.22 bits per heavy atom. The first kappa shape index (κ1) is 15.2. The van der Waals surface area contributed by atoms with Crippen LogP contribution in [0.3, 0.4) is 0 Å². The van der Waals surface area contributed by atoms with Crippen molar-refractivity contribution in [2.24, 2.45) is 0 Å². The summed E-state index contributed by atoms with van der Waals surface area (Å²) < 4.78 is 2.61. The molecule has 0 radical (unpaired) electrons. The van der Waals surface area contributed by atoms with Crippen LogP contribution in [0.15, 0.2) is 16.9 Å². The Bertz CT molecular complexity index is 365. The molecule has 0 aliphatic carbocycles. The minimum atomic E-state index is -0.206. The molecular weight excluding hydrogens is 294 g/mol. The molecule has 0 spiro atoms. The number of nitrogens with one attached hydrogen (secondary N) is 1. The number of halogens is 1. The van der Waals surface area contributed by atoms with Gasteiger partial charge in [0, 0.05) is 12.7 Å². The van der Waals surface area contributed by atoms with Crippen LogP contribution in [0.4, 0.5) is 0 Å². The predicted molar refractivity (Wildman–Crippen MR) is 76.4 cm³/mol. The van der Waals surface area contributed by atoms with E-state index < -0.39 is 0 Å². The molecule has 0 aromatic carbocycles. The van der Waals surface area contributed by atoms with Crippen LogP contribution in [0.25, 0.3) is 0 Å². The molecule has 0 aliphatic rings. The van der Waals surface area contributed by atoms with Crippen LogP contribution in [0.2, 0.25) is 0 Å². The Balaban J connectivity index is 2.38. The lowest BCUT2D eigenvalue weighted by molar-refractivity contribution is -0.124. The molecule has 1 N–H and O–H groups in total. The minimum absolute atomic E-state index is 0.0598. The lowest BCUT2D eigenvalue weighted by atomic mass is 10.2. The number of amides is 1. The molecule has 1 amide bonds. The topological polar surface area (TPSA) is 46.9 Å². The first-order chi connectivity index (χ1) is 8.69. The number of hydrogen-bond donors (Lipinski definition) is 1. The monoisotopic (exact) mass is 315 g/mol. The molecule has 1 heterocycles. The van der Waals surface area contributed by atoms with Crippen molar-refractivity contribution >= 4 is 21.8 Å². The molecule has 0 aliphatic heterocycles. The Hall–Kier alpha value is -0.840. The average molecular weight is 316 g/mol. The molecule has 1 unspecified atom stereocenters. The zero-order valence-corrected chi connectivity index (χ0v) is 12.7. The van der Waals surface area contributed by atoms with E-state index in [4.69, 9.17) is 0 Å². The molecule has 0 saturated carbocycles. The maximum atomic E-state index is 12.0. The second kappa shape index (κ2) is 8.29. The van der Waals surface area contributed by atoms with Gasteiger partial charge in [0.05, 0.1) is 10.7 Å². The van der Waals surface area contributed by atoms with Gasteiger partial charge >= 0.3 is 0 Å². The van der Waals surface area contributed by atoms with Crippen LogP contribution in [0.5, 0.6) is 0 Å². The third-order valence-electron chi connectivity index (χ3n) is 2.91. The maximum Gasteiger partial charge on any atom is 0.244 e. The van der Waals surface area contributed by atoms with Gasteiger partial charge in [0.1, 0.15) is 6.04 Å². The van der Waals surface area contributed by atoms with Crippen LogP contribution in [-0.2, 0) is 4.79 Å². The van der Waals surface area contributed by atoms with E-state index in [0.29, 0.717) is 0 Å². The number of hydrogen-bond acceptors (Lipinski definition) is 2. The third-order valence-corrected chi connectivity index (χ3v) is 3.32. The molecule has 18 heavy (non-hydrogen) atoms. The van der Waals surface area contributed by atoms with Gasteiger partial charge in [-0.05, 0) is 28.8 Å². The number of nitrogens with zero attached hydrogens (tertiary/aromatic N) is 2. The second-order valence-electron chi connectivity index (χ2n) is 4.41. The minimum Gasteiger partial charge on any atom is -0.354 e. The van der Waals surface area contributed by atoms with E-state index in [1.54, 1.807) is 10.9 Å². The number of rotatable bonds is 8. The second-order valence-corrected chi connectivity index (χ2v) is 5.33. The van der Waals surface area contributed by atoms with Crippen molar-refractivity contribution in [1.82, 2.24) is 15.1 Å². The summed E-state index contributed by atoms with van der Waals surface area (Å²) in [6.07, 6.45) is 8.97. The van der Waals surface area contributed by atoms with Gasteiger partial charge in [-0.3, -0.25) is 9.48 Å². The summed E-state index contributed by atoms with van der Waals surface area (Å²) in [5.41, 5.74) is 0. The molecule has 102 valence electrons. The Kier molecular flexibility index (Phi) is 7.01. The fraction of sp³-hybridized carbons (Fsp3) is 0.692. The fourth-order valence-corrected chi connectivity index (χ4v) is 2.16. The molecule has 1 rings (SSSR count). The van der Waals surface area contributed by atoms with E-state index in [2.05, 4.69) is 33.3 Å². The highest BCUT2D eigenvalue weighted by Crippen LogP contribution is 2.14. The summed E-state index contributed by atoms with van der Waals surface area (Å²) >= 11 is 3.34. The van der Waals surface area contributed by atoms with E-state index in [1.165, 1.54) is 19.3 Å². The zero-order valence-electron chi connectivity index (χ0n) is 11.2. The van der Waals surface area contributed by atoms with E-state index in [-0.39, 0.29) is 11.9 Å². The van der Waals surface area contributed by atoms with E-state index in [9.17, 15) is 4.79 Å². The van der Waals surface area contributed by atoms with Gasteiger partial charge in [-0.2, -0.15) is 5.10 Å². The van der Waals surface area contributed by atoms with Gasteiger partial charge in [-0.15, -0.1) is 0 Å². The molecule has 4 nitrogen and oxygen atoms in total. The van der Waals surface area contributed by atoms with Crippen LogP contribution in [0, 0.1) is 0 Å². The van der Waals surface area contributed by atoms with Crippen LogP contribution < -0.4 is 5.32 Å². The molecule has 1 aromatic rings. The average Bonchev–Trinajstić information content (AvgIpc) is 2.76. The van der Waals surface area contributed by atoms with Crippen molar-refractivity contribution in [3.05, 3.63) is 16.9 Å². The summed E-state index contributed by atoms with van der Waals surface area (Å²) in [6.45, 7) is 4.94. The van der Waals surface area contributed by atoms with Gasteiger partial charge in [-0.1, -0.05) is 33.1 Å². The van der Waals surface area contributed by atoms with E-state index in [0.717, 1.165) is 23.9 Å². The first-order valence-electron chi connectivity index (χ1n) is 6.66. The molecule has 5 heteroatoms. The molecule has 1 atom stereocenters. The highest BCUT2D eigenvalue weighted by Gasteiger charge is 2.18. The number of aromatic nitrogens is 2. The normalized spacial score (nSPS) is 12.4. The summed E-state index contributed by atoms with van der Waals surface area (Å²) in [5.74, 6) is 0.0598. The Morgan fingerprint density at radius 3 is 2.78 bits per heavy atom. The molecule has 0 bridgehead atoms. The van der Waals surface area contributed by atoms with Crippen molar-refractivity contribution in [1.29, 1.82) is 0 Å². The predicted octanol–water partition coefficient (Wildman–Crippen LogP) is 3.29. The highest BCUT2D eigenvalue weighted by atomic mass is 79.9. The van der Waals surface area contributed by atoms with Crippen molar-refractivity contribution < 1.29 is 4.79 Å². The van der Waals surface area contributed by atoms with Gasteiger partial charge in [0.2, 0.25) is 5.91 Å². The molecule has 1 aromatic heterocycles. The first-order valence-corrected chi connectivity index (χ1v) is 7.45. The quantitative estimate of drug-likeness (QED) is 0.748. The lowest BCUT2D eigenvalue weighted by Crippen LogP contribution is -2.33. The van der Waals surface area contributed by atoms with Gasteiger partial charge in [-0.25, -0.2) is 0 Å². The van der Waals surface area contributed by atoms with Crippen molar-refractivity contribution in [3.63, 3.8) is 0 Å². The van der Waals surface area contributed by atoms with Crippen LogP contribution >= 0.6 is 15.9 Å². The zero-order chi connectivity index (χ0) is 13.4. The third kappa shape index (κ3) is 4.80. The largest absolute Gasteiger partial charge is 0.354 e. The maximum absolute atomic E-state index is 12.0. The highest BCUT2D eigenvalue weighted by molar-refractivity contribution is 9.10. The SMILES string of the molecule is CCCCCCNC(=O)C(CC)n1cc(Br)cn1. The summed E-state index contributed by atoms with van der Waals surface area (Å²) in [4.78, 5) is 12.0. The summed E-state index contributed by atoms with van der Waals surface area (Å²) in [7, 11) is 0. The Labute approximate surface area is 117 Å². The van der Waals surface area contributed by atoms with Crippen molar-refractivity contribution in [3.8, 4) is 0 Å². The molecule has 0 fully saturated rings. The standard InChI is InChI=1S/C13H22BrN3O/c1-3-5-6-7-8-15-13(18)12(4-2)17-10-11(14)9-16-17/h9-10,12H,3-8H2,1-2H3,(H,15,18). The van der Waals surface area contributed by atoms with Crippen molar-refractivity contribution in [2.45, 2.75) is 52.0 Å². The summed E-state index contributed by atoms with van der Waals surface area (Å²) in [6, 6.07) is -0.206. The fourth-order valence-electron chi connectivity index (χ4n) is 1.86. The van der Waals surface area contributed by atoms with Gasteiger partial charge in [0.25, 0.3) is 0 Å². The smallest absolute Gasteiger partial charge is 0.244 e. The van der Waals surface area contributed by atoms with Gasteiger partial charge in [0.15, 0.2) is 0 Å². The van der Waals surface area contributed by atoms with E-state index >= 15 is 0 Å². The van der Waals surface area contributed by atoms with Crippen LogP contribution in [0.1, 0.15) is 52.0 Å². The number of unbranched alkanes of at least 4 members (excludes halogenated alkanes) is 3. The molecule has 0 saturated heterocycles. The van der Waals surface area contributed by atoms with Gasteiger partial charge < -0.3 is 5.32 Å². The lowest BCUT2D eigenvalue weighted by Gasteiger charge is -2.15. The Morgan fingerprint density at radius 1 is 1.44 bits per heavy atom. The van der Waals surface area contributed by atoms with Crippen LogP contribution in [-0.4, -0.2) is 22.2 Å². The number of carbonyl (C=O) groups is 1.